The third-order valence-electron chi connectivity index (χ3n) is 1.78. The molecule has 0 spiro atoms. The molecule has 0 bridgehead atoms. The van der Waals surface area contributed by atoms with Crippen molar-refractivity contribution in [3.05, 3.63) is 18.2 Å². The SMILES string of the molecule is C#CCC(=O)Nc1ccc(N)c(OC)c1. The number of nitrogens with two attached hydrogens (primary N) is 1. The lowest BCUT2D eigenvalue weighted by molar-refractivity contribution is -0.115. The van der Waals surface area contributed by atoms with Crippen LogP contribution in [0.3, 0.4) is 0 Å². The topological polar surface area (TPSA) is 64.4 Å². The molecule has 0 aliphatic rings. The lowest BCUT2D eigenvalue weighted by Gasteiger charge is -2.07. The summed E-state index contributed by atoms with van der Waals surface area (Å²) in [5.41, 5.74) is 6.75. The molecule has 1 aromatic carbocycles. The molecule has 0 saturated heterocycles. The first-order valence-electron chi connectivity index (χ1n) is 4.34. The highest BCUT2D eigenvalue weighted by Crippen LogP contribution is 2.24. The van der Waals surface area contributed by atoms with Gasteiger partial charge in [0.2, 0.25) is 5.91 Å². The second-order valence-corrected chi connectivity index (χ2v) is 2.89. The van der Waals surface area contributed by atoms with Crippen LogP contribution >= 0.6 is 0 Å². The van der Waals surface area contributed by atoms with Gasteiger partial charge in [-0.05, 0) is 12.1 Å². The molecule has 1 rings (SSSR count). The number of amides is 1. The fraction of sp³-hybridized carbons (Fsp3) is 0.182. The van der Waals surface area contributed by atoms with Gasteiger partial charge in [0.05, 0.1) is 19.2 Å². The van der Waals surface area contributed by atoms with E-state index in [9.17, 15) is 4.79 Å². The minimum Gasteiger partial charge on any atom is -0.495 e. The fourth-order valence-corrected chi connectivity index (χ4v) is 1.09. The standard InChI is InChI=1S/C11H12N2O2/c1-3-4-11(14)13-8-5-6-9(12)10(7-8)15-2/h1,5-7H,4,12H2,2H3,(H,13,14). The average Bonchev–Trinajstić information content (AvgIpc) is 2.21. The van der Waals surface area contributed by atoms with Crippen molar-refractivity contribution in [1.82, 2.24) is 0 Å². The Hall–Kier alpha value is -2.15. The Balaban J connectivity index is 2.79. The van der Waals surface area contributed by atoms with Gasteiger partial charge in [-0.25, -0.2) is 0 Å². The second kappa shape index (κ2) is 4.91. The number of terminal acetylenes is 1. The Bertz CT molecular complexity index is 408. The highest BCUT2D eigenvalue weighted by Gasteiger charge is 2.03. The van der Waals surface area contributed by atoms with E-state index in [1.807, 2.05) is 0 Å². The number of carbonyl (C=O) groups is 1. The van der Waals surface area contributed by atoms with E-state index in [0.717, 1.165) is 0 Å². The summed E-state index contributed by atoms with van der Waals surface area (Å²) in [7, 11) is 1.51. The molecule has 15 heavy (non-hydrogen) atoms. The average molecular weight is 204 g/mol. The number of rotatable bonds is 3. The zero-order chi connectivity index (χ0) is 11.3. The molecule has 0 fully saturated rings. The number of ether oxygens (including phenoxy) is 1. The van der Waals surface area contributed by atoms with Crippen molar-refractivity contribution >= 4 is 17.3 Å². The zero-order valence-electron chi connectivity index (χ0n) is 8.41. The highest BCUT2D eigenvalue weighted by molar-refractivity contribution is 5.92. The first kappa shape index (κ1) is 10.9. The number of methoxy groups -OCH3 is 1. The Kier molecular flexibility index (Phi) is 3.58. The van der Waals surface area contributed by atoms with Gasteiger partial charge in [-0.15, -0.1) is 6.42 Å². The monoisotopic (exact) mass is 204 g/mol. The molecule has 0 atom stereocenters. The van der Waals surface area contributed by atoms with Gasteiger partial charge in [0.15, 0.2) is 0 Å². The summed E-state index contributed by atoms with van der Waals surface area (Å²) in [6, 6.07) is 4.99. The summed E-state index contributed by atoms with van der Waals surface area (Å²) in [5.74, 6) is 2.55. The van der Waals surface area contributed by atoms with Gasteiger partial charge < -0.3 is 15.8 Å². The van der Waals surface area contributed by atoms with E-state index in [0.29, 0.717) is 17.1 Å². The fourth-order valence-electron chi connectivity index (χ4n) is 1.09. The molecule has 1 aromatic rings. The maximum absolute atomic E-state index is 11.2. The number of nitrogen functional groups attached to an aromatic ring is 1. The molecule has 4 heteroatoms. The van der Waals surface area contributed by atoms with Crippen LogP contribution in [0.5, 0.6) is 5.75 Å². The van der Waals surface area contributed by atoms with Gasteiger partial charge in [-0.2, -0.15) is 0 Å². The van der Waals surface area contributed by atoms with Crippen LogP contribution in [0.1, 0.15) is 6.42 Å². The van der Waals surface area contributed by atoms with Crippen molar-refractivity contribution < 1.29 is 9.53 Å². The van der Waals surface area contributed by atoms with E-state index in [2.05, 4.69) is 11.2 Å². The molecule has 1 amide bonds. The van der Waals surface area contributed by atoms with Crippen LogP contribution in [-0.2, 0) is 4.79 Å². The van der Waals surface area contributed by atoms with Crippen LogP contribution < -0.4 is 15.8 Å². The van der Waals surface area contributed by atoms with Crippen LogP contribution in [0.15, 0.2) is 18.2 Å². The Labute approximate surface area is 88.4 Å². The number of nitrogens with one attached hydrogen (secondary N) is 1. The van der Waals surface area contributed by atoms with Crippen LogP contribution in [0.4, 0.5) is 11.4 Å². The largest absolute Gasteiger partial charge is 0.495 e. The molecule has 3 N–H and O–H groups in total. The predicted octanol–water partition coefficient (Wildman–Crippen LogP) is 1.24. The van der Waals surface area contributed by atoms with Gasteiger partial charge >= 0.3 is 0 Å². The second-order valence-electron chi connectivity index (χ2n) is 2.89. The quantitative estimate of drug-likeness (QED) is 0.575. The van der Waals surface area contributed by atoms with Crippen molar-refractivity contribution in [2.24, 2.45) is 0 Å². The lowest BCUT2D eigenvalue weighted by atomic mass is 10.2. The molecule has 0 radical (unpaired) electrons. The molecular weight excluding hydrogens is 192 g/mol. The molecule has 0 aromatic heterocycles. The molecule has 78 valence electrons. The van der Waals surface area contributed by atoms with E-state index in [4.69, 9.17) is 16.9 Å². The third kappa shape index (κ3) is 2.92. The van der Waals surface area contributed by atoms with E-state index in [1.165, 1.54) is 7.11 Å². The van der Waals surface area contributed by atoms with Gasteiger partial charge in [0.1, 0.15) is 5.75 Å². The molecule has 0 saturated carbocycles. The van der Waals surface area contributed by atoms with Gasteiger partial charge in [0, 0.05) is 11.8 Å². The van der Waals surface area contributed by atoms with E-state index >= 15 is 0 Å². The zero-order valence-corrected chi connectivity index (χ0v) is 8.41. The number of carbonyl (C=O) groups excluding carboxylic acids is 1. The normalized spacial score (nSPS) is 9.07. The van der Waals surface area contributed by atoms with Gasteiger partial charge in [-0.1, -0.05) is 5.92 Å². The first-order chi connectivity index (χ1) is 7.17. The Morgan fingerprint density at radius 2 is 2.40 bits per heavy atom. The minimum atomic E-state index is -0.232. The number of hydrogen-bond donors (Lipinski definition) is 2. The Morgan fingerprint density at radius 1 is 1.67 bits per heavy atom. The highest BCUT2D eigenvalue weighted by atomic mass is 16.5. The van der Waals surface area contributed by atoms with Crippen molar-refractivity contribution in [2.75, 3.05) is 18.2 Å². The molecule has 0 heterocycles. The molecule has 0 unspecified atom stereocenters. The number of hydrogen-bond acceptors (Lipinski definition) is 3. The summed E-state index contributed by atoms with van der Waals surface area (Å²) >= 11 is 0. The molecular formula is C11H12N2O2. The van der Waals surface area contributed by atoms with Gasteiger partial charge in [0.25, 0.3) is 0 Å². The van der Waals surface area contributed by atoms with Crippen LogP contribution in [0, 0.1) is 12.3 Å². The smallest absolute Gasteiger partial charge is 0.236 e. The summed E-state index contributed by atoms with van der Waals surface area (Å²) in [6.45, 7) is 0. The predicted molar refractivity (Wildman–Crippen MR) is 59.5 cm³/mol. The maximum atomic E-state index is 11.2. The summed E-state index contributed by atoms with van der Waals surface area (Å²) < 4.78 is 5.01. The van der Waals surface area contributed by atoms with E-state index in [1.54, 1.807) is 18.2 Å². The first-order valence-corrected chi connectivity index (χ1v) is 4.34. The summed E-state index contributed by atoms with van der Waals surface area (Å²) in [4.78, 5) is 11.2. The van der Waals surface area contributed by atoms with Crippen molar-refractivity contribution in [2.45, 2.75) is 6.42 Å². The van der Waals surface area contributed by atoms with Crippen molar-refractivity contribution in [3.8, 4) is 18.1 Å². The lowest BCUT2D eigenvalue weighted by Crippen LogP contribution is -2.10. The van der Waals surface area contributed by atoms with Crippen LogP contribution in [-0.4, -0.2) is 13.0 Å². The van der Waals surface area contributed by atoms with Crippen LogP contribution in [0.2, 0.25) is 0 Å². The maximum Gasteiger partial charge on any atom is 0.236 e. The molecule has 0 aliphatic heterocycles. The summed E-state index contributed by atoms with van der Waals surface area (Å²) in [5, 5.41) is 2.63. The number of anilines is 2. The minimum absolute atomic E-state index is 0.0483. The van der Waals surface area contributed by atoms with Gasteiger partial charge in [-0.3, -0.25) is 4.79 Å². The molecule has 0 aliphatic carbocycles. The summed E-state index contributed by atoms with van der Waals surface area (Å²) in [6.07, 6.45) is 5.06. The van der Waals surface area contributed by atoms with Crippen LogP contribution in [0.25, 0.3) is 0 Å². The number of benzene rings is 1. The molecule has 4 nitrogen and oxygen atoms in total. The Morgan fingerprint density at radius 3 is 3.00 bits per heavy atom. The van der Waals surface area contributed by atoms with Crippen molar-refractivity contribution in [1.29, 1.82) is 0 Å². The van der Waals surface area contributed by atoms with E-state index in [-0.39, 0.29) is 12.3 Å². The third-order valence-corrected chi connectivity index (χ3v) is 1.78. The van der Waals surface area contributed by atoms with Crippen molar-refractivity contribution in [3.63, 3.8) is 0 Å². The van der Waals surface area contributed by atoms with E-state index < -0.39 is 0 Å².